The third-order valence-corrected chi connectivity index (χ3v) is 3.58. The van der Waals surface area contributed by atoms with Gasteiger partial charge in [0, 0.05) is 17.3 Å². The summed E-state index contributed by atoms with van der Waals surface area (Å²) in [5, 5.41) is 0. The molecule has 0 saturated heterocycles. The molecule has 0 radical (unpaired) electrons. The second kappa shape index (κ2) is 3.32. The van der Waals surface area contributed by atoms with E-state index in [4.69, 9.17) is 11.5 Å². The van der Waals surface area contributed by atoms with Crippen molar-refractivity contribution in [1.82, 2.24) is 4.98 Å². The van der Waals surface area contributed by atoms with Crippen molar-refractivity contribution in [3.63, 3.8) is 0 Å². The zero-order valence-corrected chi connectivity index (χ0v) is 9.32. The Morgan fingerprint density at radius 1 is 1.44 bits per heavy atom. The lowest BCUT2D eigenvalue weighted by molar-refractivity contribution is 0.451. The molecule has 16 heavy (non-hydrogen) atoms. The number of nitrogens with two attached hydrogens (primary N) is 2. The maximum atomic E-state index is 6.42. The van der Waals surface area contributed by atoms with Crippen LogP contribution in [0.3, 0.4) is 0 Å². The molecule has 1 aromatic rings. The molecule has 2 aliphatic carbocycles. The number of nitrogen functional groups attached to an aromatic ring is 1. The molecule has 1 unspecified atom stereocenters. The Hall–Kier alpha value is -1.35. The fraction of sp³-hybridized carbons (Fsp3) is 0.462. The van der Waals surface area contributed by atoms with E-state index < -0.39 is 0 Å². The van der Waals surface area contributed by atoms with E-state index in [1.807, 2.05) is 12.1 Å². The first-order chi connectivity index (χ1) is 7.66. The van der Waals surface area contributed by atoms with Gasteiger partial charge in [-0.15, -0.1) is 0 Å². The third-order valence-electron chi connectivity index (χ3n) is 3.58. The quantitative estimate of drug-likeness (QED) is 0.789. The van der Waals surface area contributed by atoms with Crippen LogP contribution in [0.2, 0.25) is 0 Å². The van der Waals surface area contributed by atoms with Gasteiger partial charge in [-0.25, -0.2) is 4.98 Å². The number of hydrogen-bond acceptors (Lipinski definition) is 3. The molecule has 0 aliphatic heterocycles. The number of aromatic nitrogens is 1. The Labute approximate surface area is 95.5 Å². The minimum atomic E-state index is -0.165. The lowest BCUT2D eigenvalue weighted by atomic mass is 9.81. The lowest BCUT2D eigenvalue weighted by Gasteiger charge is -2.30. The molecule has 0 amide bonds. The van der Waals surface area contributed by atoms with Gasteiger partial charge in [-0.05, 0) is 30.4 Å². The second-order valence-electron chi connectivity index (χ2n) is 5.16. The zero-order chi connectivity index (χ0) is 11.2. The van der Waals surface area contributed by atoms with E-state index in [-0.39, 0.29) is 5.54 Å². The van der Waals surface area contributed by atoms with Crippen LogP contribution in [-0.2, 0) is 6.42 Å². The summed E-state index contributed by atoms with van der Waals surface area (Å²) in [5.74, 6) is 1.46. The molecule has 3 rings (SSSR count). The van der Waals surface area contributed by atoms with Gasteiger partial charge in [-0.1, -0.05) is 25.0 Å². The topological polar surface area (TPSA) is 64.9 Å². The molecule has 3 heteroatoms. The molecular weight excluding hydrogens is 198 g/mol. The molecule has 1 atom stereocenters. The van der Waals surface area contributed by atoms with Crippen molar-refractivity contribution in [3.05, 3.63) is 29.5 Å². The van der Waals surface area contributed by atoms with Crippen molar-refractivity contribution in [2.24, 2.45) is 11.7 Å². The van der Waals surface area contributed by atoms with E-state index in [1.54, 1.807) is 6.20 Å². The minimum absolute atomic E-state index is 0.165. The number of rotatable bonds is 2. The minimum Gasteiger partial charge on any atom is -0.383 e. The molecule has 84 valence electrons. The highest BCUT2D eigenvalue weighted by atomic mass is 14.8. The first kappa shape index (κ1) is 9.85. The Bertz CT molecular complexity index is 448. The largest absolute Gasteiger partial charge is 0.383 e. The summed E-state index contributed by atoms with van der Waals surface area (Å²) in [5.41, 5.74) is 14.4. The van der Waals surface area contributed by atoms with Gasteiger partial charge in [0.05, 0.1) is 0 Å². The molecule has 0 aromatic carbocycles. The van der Waals surface area contributed by atoms with Crippen LogP contribution < -0.4 is 11.5 Å². The van der Waals surface area contributed by atoms with Gasteiger partial charge in [0.2, 0.25) is 0 Å². The summed E-state index contributed by atoms with van der Waals surface area (Å²) in [6.07, 6.45) is 10.6. The first-order valence-corrected chi connectivity index (χ1v) is 5.88. The predicted octanol–water partition coefficient (Wildman–Crippen LogP) is 1.73. The van der Waals surface area contributed by atoms with Crippen molar-refractivity contribution in [1.29, 1.82) is 0 Å². The number of anilines is 1. The molecule has 0 spiro atoms. The summed E-state index contributed by atoms with van der Waals surface area (Å²) in [7, 11) is 0. The van der Waals surface area contributed by atoms with Gasteiger partial charge in [-0.3, -0.25) is 0 Å². The fourth-order valence-electron chi connectivity index (χ4n) is 2.54. The zero-order valence-electron chi connectivity index (χ0n) is 9.32. The molecular formula is C13H17N3. The smallest absolute Gasteiger partial charge is 0.130 e. The number of hydrogen-bond donors (Lipinski definition) is 2. The van der Waals surface area contributed by atoms with Crippen LogP contribution in [0.4, 0.5) is 5.82 Å². The molecule has 4 N–H and O–H groups in total. The SMILES string of the molecule is Nc1nccc2c1C=CC(N)(CC1CC1)C2. The summed E-state index contributed by atoms with van der Waals surface area (Å²) < 4.78 is 0. The van der Waals surface area contributed by atoms with Crippen LogP contribution in [0.15, 0.2) is 18.3 Å². The van der Waals surface area contributed by atoms with Crippen LogP contribution in [-0.4, -0.2) is 10.5 Å². The second-order valence-corrected chi connectivity index (χ2v) is 5.16. The van der Waals surface area contributed by atoms with Crippen LogP contribution >= 0.6 is 0 Å². The molecule has 1 fully saturated rings. The highest BCUT2D eigenvalue weighted by molar-refractivity contribution is 5.67. The average molecular weight is 215 g/mol. The summed E-state index contributed by atoms with van der Waals surface area (Å²) >= 11 is 0. The van der Waals surface area contributed by atoms with E-state index >= 15 is 0 Å². The van der Waals surface area contributed by atoms with Crippen LogP contribution in [0.5, 0.6) is 0 Å². The van der Waals surface area contributed by atoms with E-state index in [1.165, 1.54) is 18.4 Å². The Kier molecular flexibility index (Phi) is 2.04. The van der Waals surface area contributed by atoms with E-state index in [2.05, 4.69) is 11.1 Å². The van der Waals surface area contributed by atoms with Gasteiger partial charge >= 0.3 is 0 Å². The summed E-state index contributed by atoms with van der Waals surface area (Å²) in [4.78, 5) is 4.10. The van der Waals surface area contributed by atoms with E-state index in [0.717, 1.165) is 24.3 Å². The first-order valence-electron chi connectivity index (χ1n) is 5.88. The lowest BCUT2D eigenvalue weighted by Crippen LogP contribution is -2.42. The van der Waals surface area contributed by atoms with Crippen molar-refractivity contribution < 1.29 is 0 Å². The van der Waals surface area contributed by atoms with Gasteiger partial charge < -0.3 is 11.5 Å². The van der Waals surface area contributed by atoms with Crippen LogP contribution in [0.25, 0.3) is 6.08 Å². The number of nitrogens with zero attached hydrogens (tertiary/aromatic N) is 1. The Morgan fingerprint density at radius 3 is 3.00 bits per heavy atom. The predicted molar refractivity (Wildman–Crippen MR) is 65.6 cm³/mol. The van der Waals surface area contributed by atoms with E-state index in [0.29, 0.717) is 5.82 Å². The Morgan fingerprint density at radius 2 is 2.25 bits per heavy atom. The van der Waals surface area contributed by atoms with E-state index in [9.17, 15) is 0 Å². The van der Waals surface area contributed by atoms with Crippen molar-refractivity contribution in [3.8, 4) is 0 Å². The Balaban J connectivity index is 1.90. The fourth-order valence-corrected chi connectivity index (χ4v) is 2.54. The van der Waals surface area contributed by atoms with Gasteiger partial charge in [0.25, 0.3) is 0 Å². The van der Waals surface area contributed by atoms with Crippen LogP contribution in [0.1, 0.15) is 30.4 Å². The molecule has 3 nitrogen and oxygen atoms in total. The van der Waals surface area contributed by atoms with Gasteiger partial charge in [0.15, 0.2) is 0 Å². The van der Waals surface area contributed by atoms with Gasteiger partial charge in [0.1, 0.15) is 5.82 Å². The molecule has 0 bridgehead atoms. The van der Waals surface area contributed by atoms with Crippen LogP contribution in [0, 0.1) is 5.92 Å². The monoisotopic (exact) mass is 215 g/mol. The van der Waals surface area contributed by atoms with Crippen molar-refractivity contribution in [2.75, 3.05) is 5.73 Å². The number of pyridine rings is 1. The van der Waals surface area contributed by atoms with Crippen molar-refractivity contribution >= 4 is 11.9 Å². The standard InChI is InChI=1S/C13H17N3/c14-12-11-3-5-13(15,7-9-1-2-9)8-10(11)4-6-16-12/h3-6,9H,1-2,7-8,15H2,(H2,14,16). The van der Waals surface area contributed by atoms with Gasteiger partial charge in [-0.2, -0.15) is 0 Å². The molecule has 1 saturated carbocycles. The molecule has 2 aliphatic rings. The van der Waals surface area contributed by atoms with Crippen molar-refractivity contribution in [2.45, 2.75) is 31.2 Å². The summed E-state index contributed by atoms with van der Waals surface area (Å²) in [6, 6.07) is 2.03. The normalized spacial score (nSPS) is 27.8. The third kappa shape index (κ3) is 1.71. The molecule has 1 heterocycles. The molecule has 1 aromatic heterocycles. The highest BCUT2D eigenvalue weighted by Crippen LogP contribution is 2.39. The highest BCUT2D eigenvalue weighted by Gasteiger charge is 2.34. The maximum Gasteiger partial charge on any atom is 0.130 e. The number of fused-ring (bicyclic) bond motifs is 1. The summed E-state index contributed by atoms with van der Waals surface area (Å²) in [6.45, 7) is 0. The maximum absolute atomic E-state index is 6.42. The average Bonchev–Trinajstić information content (AvgIpc) is 3.01.